The largest absolute Gasteiger partial charge is 0.342 e. The zero-order valence-electron chi connectivity index (χ0n) is 11.6. The van der Waals surface area contributed by atoms with Gasteiger partial charge in [-0.15, -0.1) is 0 Å². The second-order valence-electron chi connectivity index (χ2n) is 6.01. The van der Waals surface area contributed by atoms with Crippen LogP contribution in [0.5, 0.6) is 0 Å². The summed E-state index contributed by atoms with van der Waals surface area (Å²) in [5, 5.41) is 6.29. The van der Waals surface area contributed by atoms with Gasteiger partial charge in [-0.1, -0.05) is 46.0 Å². The van der Waals surface area contributed by atoms with Gasteiger partial charge in [0.1, 0.15) is 5.54 Å². The van der Waals surface area contributed by atoms with Gasteiger partial charge in [0.25, 0.3) is 5.91 Å². The zero-order valence-corrected chi connectivity index (χ0v) is 11.6. The summed E-state index contributed by atoms with van der Waals surface area (Å²) < 4.78 is 0. The van der Waals surface area contributed by atoms with E-state index < -0.39 is 0 Å². The van der Waals surface area contributed by atoms with Crippen molar-refractivity contribution in [3.63, 3.8) is 0 Å². The third kappa shape index (κ3) is 3.03. The van der Waals surface area contributed by atoms with Crippen molar-refractivity contribution < 1.29 is 4.79 Å². The van der Waals surface area contributed by atoms with E-state index in [-0.39, 0.29) is 11.4 Å². The highest BCUT2D eigenvalue weighted by Gasteiger charge is 2.44. The molecule has 0 atom stereocenters. The Morgan fingerprint density at radius 2 is 1.78 bits per heavy atom. The van der Waals surface area contributed by atoms with E-state index in [1.165, 1.54) is 19.3 Å². The van der Waals surface area contributed by atoms with Gasteiger partial charge in [-0.05, 0) is 18.8 Å². The number of carbonyl (C=O) groups is 1. The monoisotopic (exact) mass is 251 g/mol. The van der Waals surface area contributed by atoms with Gasteiger partial charge >= 0.3 is 0 Å². The number of hydrogen-bond acceptors (Lipinski definition) is 2. The molecule has 102 valence electrons. The van der Waals surface area contributed by atoms with Crippen LogP contribution in [0.3, 0.4) is 0 Å². The molecule has 4 heteroatoms. The minimum absolute atomic E-state index is 0.131. The summed E-state index contributed by atoms with van der Waals surface area (Å²) in [4.78, 5) is 16.7. The molecular formula is C14H25N3O. The summed E-state index contributed by atoms with van der Waals surface area (Å²) >= 11 is 0. The third-order valence-electron chi connectivity index (χ3n) is 3.85. The molecule has 1 amide bonds. The summed E-state index contributed by atoms with van der Waals surface area (Å²) in [5.41, 5.74) is -0.365. The smallest absolute Gasteiger partial charge is 0.252 e. The van der Waals surface area contributed by atoms with E-state index in [2.05, 4.69) is 29.5 Å². The Morgan fingerprint density at radius 3 is 2.39 bits per heavy atom. The molecule has 0 aromatic heterocycles. The van der Waals surface area contributed by atoms with Gasteiger partial charge in [0.2, 0.25) is 0 Å². The second-order valence-corrected chi connectivity index (χ2v) is 6.01. The standard InChI is InChI=1S/C14H25N3O/c1-11(2)10-15-13-16-12(18)14(17-13)8-6-4-3-5-7-9-14/h11H,3-10H2,1-2H3,(H2,15,16,17,18). The van der Waals surface area contributed by atoms with E-state index in [9.17, 15) is 4.79 Å². The molecule has 1 saturated heterocycles. The molecule has 0 bridgehead atoms. The van der Waals surface area contributed by atoms with E-state index in [0.29, 0.717) is 11.9 Å². The first-order valence-corrected chi connectivity index (χ1v) is 7.26. The maximum atomic E-state index is 12.2. The van der Waals surface area contributed by atoms with Gasteiger partial charge in [0.05, 0.1) is 0 Å². The minimum atomic E-state index is -0.365. The molecule has 2 fully saturated rings. The average molecular weight is 251 g/mol. The molecule has 2 N–H and O–H groups in total. The highest BCUT2D eigenvalue weighted by Crippen LogP contribution is 2.28. The summed E-state index contributed by atoms with van der Waals surface area (Å²) in [6, 6.07) is 0. The van der Waals surface area contributed by atoms with Crippen molar-refractivity contribution in [1.29, 1.82) is 0 Å². The van der Waals surface area contributed by atoms with E-state index >= 15 is 0 Å². The van der Waals surface area contributed by atoms with Crippen molar-refractivity contribution in [2.75, 3.05) is 6.54 Å². The number of nitrogens with one attached hydrogen (secondary N) is 2. The van der Waals surface area contributed by atoms with Crippen LogP contribution < -0.4 is 10.6 Å². The summed E-state index contributed by atoms with van der Waals surface area (Å²) in [6.45, 7) is 5.03. The summed E-state index contributed by atoms with van der Waals surface area (Å²) in [6.07, 6.45) is 7.96. The first-order valence-electron chi connectivity index (χ1n) is 7.26. The molecule has 18 heavy (non-hydrogen) atoms. The molecule has 2 rings (SSSR count). The van der Waals surface area contributed by atoms with Crippen LogP contribution in [0, 0.1) is 5.92 Å². The van der Waals surface area contributed by atoms with Gasteiger partial charge in [0.15, 0.2) is 5.96 Å². The molecule has 1 aliphatic carbocycles. The minimum Gasteiger partial charge on any atom is -0.342 e. The second kappa shape index (κ2) is 5.72. The maximum Gasteiger partial charge on any atom is 0.252 e. The summed E-state index contributed by atoms with van der Waals surface area (Å²) in [5.74, 6) is 1.34. The Morgan fingerprint density at radius 1 is 1.17 bits per heavy atom. The normalized spacial score (nSPS) is 25.9. The van der Waals surface area contributed by atoms with Gasteiger partial charge in [-0.3, -0.25) is 15.1 Å². The fourth-order valence-corrected chi connectivity index (χ4v) is 2.76. The highest BCUT2D eigenvalue weighted by molar-refractivity contribution is 6.09. The van der Waals surface area contributed by atoms with Crippen LogP contribution in [0.4, 0.5) is 0 Å². The van der Waals surface area contributed by atoms with E-state index in [0.717, 1.165) is 32.2 Å². The Balaban J connectivity index is 2.03. The highest BCUT2D eigenvalue weighted by atomic mass is 16.2. The van der Waals surface area contributed by atoms with Crippen LogP contribution in [0.1, 0.15) is 58.8 Å². The molecule has 0 unspecified atom stereocenters. The quantitative estimate of drug-likeness (QED) is 0.790. The van der Waals surface area contributed by atoms with Crippen LogP contribution in [-0.2, 0) is 4.79 Å². The van der Waals surface area contributed by atoms with Gasteiger partial charge in [0, 0.05) is 6.54 Å². The molecule has 1 spiro atoms. The topological polar surface area (TPSA) is 53.5 Å². The average Bonchev–Trinajstić information content (AvgIpc) is 2.59. The van der Waals surface area contributed by atoms with Crippen molar-refractivity contribution in [2.45, 2.75) is 64.3 Å². The van der Waals surface area contributed by atoms with Crippen LogP contribution in [0.2, 0.25) is 0 Å². The molecule has 0 aromatic carbocycles. The lowest BCUT2D eigenvalue weighted by Crippen LogP contribution is -2.47. The fourth-order valence-electron chi connectivity index (χ4n) is 2.76. The zero-order chi connectivity index (χ0) is 13.0. The van der Waals surface area contributed by atoms with Crippen molar-refractivity contribution in [1.82, 2.24) is 10.6 Å². The van der Waals surface area contributed by atoms with Crippen molar-refractivity contribution in [3.8, 4) is 0 Å². The van der Waals surface area contributed by atoms with Crippen LogP contribution in [-0.4, -0.2) is 24.0 Å². The molecule has 0 aromatic rings. The molecule has 1 saturated carbocycles. The van der Waals surface area contributed by atoms with Gasteiger partial charge in [-0.2, -0.15) is 0 Å². The predicted molar refractivity (Wildman–Crippen MR) is 73.5 cm³/mol. The first kappa shape index (κ1) is 13.4. The number of guanidine groups is 1. The maximum absolute atomic E-state index is 12.2. The molecule has 2 aliphatic rings. The third-order valence-corrected chi connectivity index (χ3v) is 3.85. The van der Waals surface area contributed by atoms with E-state index in [1.807, 2.05) is 0 Å². The Kier molecular flexibility index (Phi) is 4.25. The SMILES string of the molecule is CC(C)CN=C1NC(=O)C2(CCCCCCC2)N1. The van der Waals surface area contributed by atoms with Crippen molar-refractivity contribution in [3.05, 3.63) is 0 Å². The number of hydrogen-bond donors (Lipinski definition) is 2. The van der Waals surface area contributed by atoms with Crippen molar-refractivity contribution >= 4 is 11.9 Å². The molecular weight excluding hydrogens is 226 g/mol. The number of rotatable bonds is 2. The van der Waals surface area contributed by atoms with Crippen molar-refractivity contribution in [2.24, 2.45) is 10.9 Å². The van der Waals surface area contributed by atoms with E-state index in [4.69, 9.17) is 0 Å². The molecule has 4 nitrogen and oxygen atoms in total. The Bertz CT molecular complexity index is 328. The Hall–Kier alpha value is -1.06. The van der Waals surface area contributed by atoms with Crippen LogP contribution >= 0.6 is 0 Å². The lowest BCUT2D eigenvalue weighted by atomic mass is 9.84. The first-order chi connectivity index (χ1) is 8.62. The number of aliphatic imine (C=N–C) groups is 1. The Labute approximate surface area is 110 Å². The van der Waals surface area contributed by atoms with E-state index in [1.54, 1.807) is 0 Å². The number of carbonyl (C=O) groups excluding carboxylic acids is 1. The fraction of sp³-hybridized carbons (Fsp3) is 0.857. The lowest BCUT2D eigenvalue weighted by molar-refractivity contribution is -0.124. The molecule has 0 radical (unpaired) electrons. The van der Waals surface area contributed by atoms with Gasteiger partial charge < -0.3 is 5.32 Å². The van der Waals surface area contributed by atoms with Crippen LogP contribution in [0.15, 0.2) is 4.99 Å². The van der Waals surface area contributed by atoms with Gasteiger partial charge in [-0.25, -0.2) is 0 Å². The predicted octanol–water partition coefficient (Wildman–Crippen LogP) is 2.20. The molecule has 1 aliphatic heterocycles. The van der Waals surface area contributed by atoms with Crippen LogP contribution in [0.25, 0.3) is 0 Å². The number of amides is 1. The number of nitrogens with zero attached hydrogens (tertiary/aromatic N) is 1. The summed E-state index contributed by atoms with van der Waals surface area (Å²) in [7, 11) is 0. The lowest BCUT2D eigenvalue weighted by Gasteiger charge is -2.28. The molecule has 1 heterocycles.